The highest BCUT2D eigenvalue weighted by molar-refractivity contribution is 9.10. The second-order valence-corrected chi connectivity index (χ2v) is 5.97. The molecule has 0 radical (unpaired) electrons. The number of aromatic nitrogens is 1. The van der Waals surface area contributed by atoms with Crippen LogP contribution in [-0.4, -0.2) is 36.9 Å². The minimum atomic E-state index is -0.384. The molecule has 2 heterocycles. The van der Waals surface area contributed by atoms with Crippen molar-refractivity contribution in [2.24, 2.45) is 0 Å². The lowest BCUT2D eigenvalue weighted by Gasteiger charge is -2.02. The largest absolute Gasteiger partial charge is 0.444 e. The Balaban J connectivity index is 0.00000264. The Morgan fingerprint density at radius 2 is 2.04 bits per heavy atom. The average molecular weight is 460 g/mol. The van der Waals surface area contributed by atoms with E-state index in [9.17, 15) is 9.59 Å². The van der Waals surface area contributed by atoms with Gasteiger partial charge in [-0.1, -0.05) is 0 Å². The fourth-order valence-corrected chi connectivity index (χ4v) is 2.61. The molecule has 0 spiro atoms. The molecule has 0 aliphatic heterocycles. The number of carbonyl (C=O) groups is 2. The minimum Gasteiger partial charge on any atom is -0.444 e. The number of furan rings is 1. The first kappa shape index (κ1) is 22.9. The van der Waals surface area contributed by atoms with Gasteiger partial charge in [-0.15, -0.1) is 36.2 Å². The van der Waals surface area contributed by atoms with Crippen molar-refractivity contribution in [2.75, 3.05) is 25.5 Å². The first-order chi connectivity index (χ1) is 10.6. The van der Waals surface area contributed by atoms with Gasteiger partial charge in [0.15, 0.2) is 15.6 Å². The standard InChI is InChI=1S/C13H15BrN4O3S.2ClH/c1-15-4-5-16-11(19)6-8-7-22-13(17-8)18-12(20)9-2-3-10(14)21-9;;/h2-3,7,15H,4-6H2,1H3,(H,16,19)(H,17,18,20);2*1H. The zero-order valence-electron chi connectivity index (χ0n) is 12.6. The van der Waals surface area contributed by atoms with Gasteiger partial charge in [-0.3, -0.25) is 14.9 Å². The predicted molar refractivity (Wildman–Crippen MR) is 102 cm³/mol. The SMILES string of the molecule is CNCCNC(=O)Cc1csc(NC(=O)c2ccc(Br)o2)n1.Cl.Cl. The number of halogens is 3. The molecule has 0 saturated heterocycles. The molecule has 0 unspecified atom stereocenters. The van der Waals surface area contributed by atoms with Gasteiger partial charge in [0.25, 0.3) is 5.91 Å². The highest BCUT2D eigenvalue weighted by Crippen LogP contribution is 2.19. The molecule has 0 saturated carbocycles. The molecule has 2 aromatic heterocycles. The number of amides is 2. The summed E-state index contributed by atoms with van der Waals surface area (Å²) >= 11 is 4.40. The zero-order valence-corrected chi connectivity index (χ0v) is 16.7. The van der Waals surface area contributed by atoms with Crippen LogP contribution in [0.2, 0.25) is 0 Å². The van der Waals surface area contributed by atoms with Crippen LogP contribution in [0, 0.1) is 0 Å². The molecule has 0 fully saturated rings. The topological polar surface area (TPSA) is 96.3 Å². The predicted octanol–water partition coefficient (Wildman–Crippen LogP) is 2.47. The number of nitrogens with one attached hydrogen (secondary N) is 3. The summed E-state index contributed by atoms with van der Waals surface area (Å²) in [6.45, 7) is 1.28. The van der Waals surface area contributed by atoms with Crippen LogP contribution in [0.4, 0.5) is 5.13 Å². The molecule has 134 valence electrons. The van der Waals surface area contributed by atoms with Crippen molar-refractivity contribution < 1.29 is 14.0 Å². The number of likely N-dealkylation sites (N-methyl/N-ethyl adjacent to an activating group) is 1. The molecule has 0 atom stereocenters. The highest BCUT2D eigenvalue weighted by Gasteiger charge is 2.13. The van der Waals surface area contributed by atoms with Crippen LogP contribution in [0.25, 0.3) is 0 Å². The van der Waals surface area contributed by atoms with E-state index in [0.717, 1.165) is 0 Å². The van der Waals surface area contributed by atoms with Gasteiger partial charge in [-0.25, -0.2) is 4.98 Å². The quantitative estimate of drug-likeness (QED) is 0.552. The third-order valence-corrected chi connectivity index (χ3v) is 3.84. The molecule has 0 bridgehead atoms. The Bertz CT molecular complexity index is 665. The van der Waals surface area contributed by atoms with Gasteiger partial charge in [-0.2, -0.15) is 0 Å². The molecule has 2 rings (SSSR count). The molecule has 2 amide bonds. The van der Waals surface area contributed by atoms with Crippen LogP contribution < -0.4 is 16.0 Å². The van der Waals surface area contributed by atoms with Gasteiger partial charge in [0.05, 0.1) is 12.1 Å². The van der Waals surface area contributed by atoms with E-state index < -0.39 is 0 Å². The molecule has 11 heteroatoms. The van der Waals surface area contributed by atoms with Crippen LogP contribution in [0.1, 0.15) is 16.2 Å². The molecule has 0 aromatic carbocycles. The Morgan fingerprint density at radius 1 is 1.29 bits per heavy atom. The van der Waals surface area contributed by atoms with Gasteiger partial charge in [-0.05, 0) is 35.1 Å². The van der Waals surface area contributed by atoms with Crippen LogP contribution in [0.3, 0.4) is 0 Å². The number of nitrogens with zero attached hydrogens (tertiary/aromatic N) is 1. The lowest BCUT2D eigenvalue weighted by Crippen LogP contribution is -2.31. The summed E-state index contributed by atoms with van der Waals surface area (Å²) in [6, 6.07) is 3.20. The first-order valence-electron chi connectivity index (χ1n) is 6.51. The summed E-state index contributed by atoms with van der Waals surface area (Å²) in [6.07, 6.45) is 0.183. The minimum absolute atomic E-state index is 0. The van der Waals surface area contributed by atoms with Crippen molar-refractivity contribution in [3.05, 3.63) is 33.6 Å². The summed E-state index contributed by atoms with van der Waals surface area (Å²) in [5.74, 6) is -0.299. The van der Waals surface area contributed by atoms with E-state index in [1.54, 1.807) is 17.5 Å². The van der Waals surface area contributed by atoms with Gasteiger partial charge in [0, 0.05) is 18.5 Å². The molecular formula is C13H17BrCl2N4O3S. The van der Waals surface area contributed by atoms with E-state index in [-0.39, 0.29) is 48.8 Å². The summed E-state index contributed by atoms with van der Waals surface area (Å²) in [5, 5.41) is 10.5. The van der Waals surface area contributed by atoms with Gasteiger partial charge in [0.1, 0.15) is 0 Å². The fraction of sp³-hybridized carbons (Fsp3) is 0.308. The van der Waals surface area contributed by atoms with E-state index in [1.165, 1.54) is 11.3 Å². The average Bonchev–Trinajstić information content (AvgIpc) is 3.08. The Hall–Kier alpha value is -1.13. The van der Waals surface area contributed by atoms with Crippen LogP contribution in [0.15, 0.2) is 26.6 Å². The van der Waals surface area contributed by atoms with Crippen molar-refractivity contribution in [3.8, 4) is 0 Å². The van der Waals surface area contributed by atoms with E-state index in [1.807, 2.05) is 7.05 Å². The van der Waals surface area contributed by atoms with E-state index in [0.29, 0.717) is 28.6 Å². The number of hydrogen-bond donors (Lipinski definition) is 3. The third kappa shape index (κ3) is 7.18. The van der Waals surface area contributed by atoms with Crippen molar-refractivity contribution in [3.63, 3.8) is 0 Å². The number of thiazole rings is 1. The van der Waals surface area contributed by atoms with Gasteiger partial charge >= 0.3 is 0 Å². The molecule has 3 N–H and O–H groups in total. The maximum absolute atomic E-state index is 11.9. The van der Waals surface area contributed by atoms with Crippen LogP contribution in [-0.2, 0) is 11.2 Å². The van der Waals surface area contributed by atoms with E-state index in [4.69, 9.17) is 4.42 Å². The summed E-state index contributed by atoms with van der Waals surface area (Å²) in [4.78, 5) is 27.8. The van der Waals surface area contributed by atoms with E-state index >= 15 is 0 Å². The van der Waals surface area contributed by atoms with Crippen molar-refractivity contribution in [1.82, 2.24) is 15.6 Å². The number of rotatable bonds is 7. The number of anilines is 1. The second-order valence-electron chi connectivity index (χ2n) is 4.33. The molecular weight excluding hydrogens is 443 g/mol. The summed E-state index contributed by atoms with van der Waals surface area (Å²) < 4.78 is 5.64. The zero-order chi connectivity index (χ0) is 15.9. The summed E-state index contributed by atoms with van der Waals surface area (Å²) in [7, 11) is 1.82. The first-order valence-corrected chi connectivity index (χ1v) is 8.18. The highest BCUT2D eigenvalue weighted by atomic mass is 79.9. The molecule has 24 heavy (non-hydrogen) atoms. The Labute approximate surface area is 163 Å². The lowest BCUT2D eigenvalue weighted by molar-refractivity contribution is -0.120. The maximum Gasteiger partial charge on any atom is 0.293 e. The third-order valence-electron chi connectivity index (χ3n) is 2.61. The molecule has 2 aromatic rings. The number of carbonyl (C=O) groups excluding carboxylic acids is 2. The van der Waals surface area contributed by atoms with Crippen LogP contribution in [0.5, 0.6) is 0 Å². The van der Waals surface area contributed by atoms with Crippen LogP contribution >= 0.6 is 52.1 Å². The normalized spacial score (nSPS) is 9.58. The maximum atomic E-state index is 11.9. The monoisotopic (exact) mass is 458 g/mol. The van der Waals surface area contributed by atoms with Crippen molar-refractivity contribution in [2.45, 2.75) is 6.42 Å². The lowest BCUT2D eigenvalue weighted by atomic mass is 10.3. The van der Waals surface area contributed by atoms with Gasteiger partial charge < -0.3 is 15.1 Å². The molecule has 0 aliphatic rings. The fourth-order valence-electron chi connectivity index (χ4n) is 1.59. The second kappa shape index (κ2) is 11.4. The van der Waals surface area contributed by atoms with Crippen molar-refractivity contribution >= 4 is 69.0 Å². The Morgan fingerprint density at radius 3 is 2.67 bits per heavy atom. The summed E-state index contributed by atoms with van der Waals surface area (Å²) in [5.41, 5.74) is 0.614. The number of hydrogen-bond acceptors (Lipinski definition) is 6. The molecule has 0 aliphatic carbocycles. The molecule has 7 nitrogen and oxygen atoms in total. The van der Waals surface area contributed by atoms with Gasteiger partial charge in [0.2, 0.25) is 5.91 Å². The smallest absolute Gasteiger partial charge is 0.293 e. The van der Waals surface area contributed by atoms with E-state index in [2.05, 4.69) is 36.9 Å². The van der Waals surface area contributed by atoms with Crippen molar-refractivity contribution in [1.29, 1.82) is 0 Å². The Kier molecular flexibility index (Phi) is 10.9.